The van der Waals surface area contributed by atoms with Crippen LogP contribution in [0.4, 0.5) is 4.39 Å². The van der Waals surface area contributed by atoms with E-state index < -0.39 is 0 Å². The second kappa shape index (κ2) is 8.55. The van der Waals surface area contributed by atoms with E-state index >= 15 is 0 Å². The van der Waals surface area contributed by atoms with E-state index in [1.807, 2.05) is 0 Å². The molecule has 0 radical (unpaired) electrons. The zero-order chi connectivity index (χ0) is 14.1. The van der Waals surface area contributed by atoms with Crippen LogP contribution in [0.2, 0.25) is 0 Å². The molecule has 0 aliphatic rings. The third-order valence-corrected chi connectivity index (χ3v) is 2.80. The molecule has 3 heteroatoms. The second-order valence-corrected chi connectivity index (χ2v) is 4.38. The number of hydrogen-bond acceptors (Lipinski definition) is 2. The summed E-state index contributed by atoms with van der Waals surface area (Å²) in [7, 11) is 0. The Labute approximate surface area is 115 Å². The summed E-state index contributed by atoms with van der Waals surface area (Å²) >= 11 is 0. The van der Waals surface area contributed by atoms with Gasteiger partial charge in [0.15, 0.2) is 0 Å². The molecule has 1 unspecified atom stereocenters. The molecule has 0 aliphatic carbocycles. The van der Waals surface area contributed by atoms with Crippen LogP contribution in [0.1, 0.15) is 45.2 Å². The van der Waals surface area contributed by atoms with E-state index in [4.69, 9.17) is 4.74 Å². The normalized spacial score (nSPS) is 11.6. The van der Waals surface area contributed by atoms with Crippen molar-refractivity contribution >= 4 is 0 Å². The maximum atomic E-state index is 13.3. The van der Waals surface area contributed by atoms with Gasteiger partial charge >= 0.3 is 0 Å². The molecule has 1 rings (SSSR count). The lowest BCUT2D eigenvalue weighted by molar-refractivity contribution is 0.318. The Morgan fingerprint density at radius 1 is 1.42 bits per heavy atom. The highest BCUT2D eigenvalue weighted by Gasteiger charge is 2.12. The van der Waals surface area contributed by atoms with E-state index in [1.165, 1.54) is 12.1 Å². The number of halogens is 1. The lowest BCUT2D eigenvalue weighted by Gasteiger charge is -2.18. The van der Waals surface area contributed by atoms with Gasteiger partial charge in [-0.05, 0) is 32.9 Å². The van der Waals surface area contributed by atoms with Crippen LogP contribution < -0.4 is 10.1 Å². The van der Waals surface area contributed by atoms with Gasteiger partial charge in [0, 0.05) is 24.1 Å². The molecule has 0 heterocycles. The fourth-order valence-electron chi connectivity index (χ4n) is 1.80. The second-order valence-electron chi connectivity index (χ2n) is 4.38. The Morgan fingerprint density at radius 3 is 2.89 bits per heavy atom. The predicted molar refractivity (Wildman–Crippen MR) is 76.7 cm³/mol. The molecule has 19 heavy (non-hydrogen) atoms. The maximum Gasteiger partial charge on any atom is 0.127 e. The van der Waals surface area contributed by atoms with Crippen molar-refractivity contribution in [3.05, 3.63) is 29.6 Å². The van der Waals surface area contributed by atoms with Crippen LogP contribution in [0.25, 0.3) is 0 Å². The quantitative estimate of drug-likeness (QED) is 0.598. The smallest absolute Gasteiger partial charge is 0.127 e. The first kappa shape index (κ1) is 15.5. The minimum Gasteiger partial charge on any atom is -0.492 e. The number of nitrogens with one attached hydrogen (secondary N) is 1. The monoisotopic (exact) mass is 263 g/mol. The first-order valence-corrected chi connectivity index (χ1v) is 6.74. The highest BCUT2D eigenvalue weighted by molar-refractivity contribution is 5.36. The molecule has 1 atom stereocenters. The van der Waals surface area contributed by atoms with Crippen molar-refractivity contribution in [1.82, 2.24) is 5.32 Å². The molecule has 1 N–H and O–H groups in total. The van der Waals surface area contributed by atoms with Gasteiger partial charge in [-0.15, -0.1) is 11.8 Å². The van der Waals surface area contributed by atoms with Crippen LogP contribution in [0.15, 0.2) is 18.2 Å². The van der Waals surface area contributed by atoms with Gasteiger partial charge in [-0.3, -0.25) is 0 Å². The minimum atomic E-state index is -0.275. The van der Waals surface area contributed by atoms with E-state index in [1.54, 1.807) is 13.0 Å². The summed E-state index contributed by atoms with van der Waals surface area (Å²) in [5, 5.41) is 3.38. The van der Waals surface area contributed by atoms with Crippen LogP contribution in [-0.2, 0) is 0 Å². The lowest BCUT2D eigenvalue weighted by Crippen LogP contribution is -2.20. The highest BCUT2D eigenvalue weighted by atomic mass is 19.1. The van der Waals surface area contributed by atoms with Crippen molar-refractivity contribution in [1.29, 1.82) is 0 Å². The van der Waals surface area contributed by atoms with Crippen molar-refractivity contribution in [3.63, 3.8) is 0 Å². The first-order chi connectivity index (χ1) is 9.19. The van der Waals surface area contributed by atoms with Gasteiger partial charge in [0.1, 0.15) is 11.6 Å². The molecule has 0 spiro atoms. The number of ether oxygens (including phenoxy) is 1. The van der Waals surface area contributed by atoms with Gasteiger partial charge in [0.25, 0.3) is 0 Å². The molecule has 0 bridgehead atoms. The Hall–Kier alpha value is -1.53. The summed E-state index contributed by atoms with van der Waals surface area (Å²) in [4.78, 5) is 0. The summed E-state index contributed by atoms with van der Waals surface area (Å²) in [5.74, 6) is 6.08. The molecule has 104 valence electrons. The molecule has 0 saturated carbocycles. The average molecular weight is 263 g/mol. The number of benzene rings is 1. The van der Waals surface area contributed by atoms with Gasteiger partial charge in [-0.25, -0.2) is 4.39 Å². The summed E-state index contributed by atoms with van der Waals surface area (Å²) in [5.41, 5.74) is 0.985. The standard InChI is InChI=1S/C16H22FNO/c1-4-6-7-11-19-16-12-14(17)8-9-15(16)13(3)18-10-5-2/h8-9,12-13,18H,5,7,10-11H2,1-3H3. The zero-order valence-electron chi connectivity index (χ0n) is 11.9. The third kappa shape index (κ3) is 5.32. The molecule has 0 aliphatic heterocycles. The van der Waals surface area contributed by atoms with Crippen LogP contribution in [0, 0.1) is 17.7 Å². The van der Waals surface area contributed by atoms with Gasteiger partial charge in [0.05, 0.1) is 6.61 Å². The van der Waals surface area contributed by atoms with Gasteiger partial charge < -0.3 is 10.1 Å². The number of hydrogen-bond donors (Lipinski definition) is 1. The first-order valence-electron chi connectivity index (χ1n) is 6.74. The van der Waals surface area contributed by atoms with Crippen LogP contribution in [0.5, 0.6) is 5.75 Å². The molecule has 0 saturated heterocycles. The molecule has 0 aromatic heterocycles. The molecule has 1 aromatic carbocycles. The lowest BCUT2D eigenvalue weighted by atomic mass is 10.1. The van der Waals surface area contributed by atoms with Crippen molar-refractivity contribution < 1.29 is 9.13 Å². The Morgan fingerprint density at radius 2 is 2.21 bits per heavy atom. The Balaban J connectivity index is 2.74. The molecule has 2 nitrogen and oxygen atoms in total. The molecular weight excluding hydrogens is 241 g/mol. The zero-order valence-corrected chi connectivity index (χ0v) is 11.9. The number of rotatable bonds is 7. The van der Waals surface area contributed by atoms with Gasteiger partial charge in [-0.1, -0.05) is 13.0 Å². The highest BCUT2D eigenvalue weighted by Crippen LogP contribution is 2.26. The van der Waals surface area contributed by atoms with E-state index in [9.17, 15) is 4.39 Å². The van der Waals surface area contributed by atoms with E-state index in [0.29, 0.717) is 18.8 Å². The van der Waals surface area contributed by atoms with E-state index in [2.05, 4.69) is 31.0 Å². The Kier molecular flexibility index (Phi) is 6.99. The van der Waals surface area contributed by atoms with Crippen molar-refractivity contribution in [2.75, 3.05) is 13.2 Å². The fraction of sp³-hybridized carbons (Fsp3) is 0.500. The summed E-state index contributed by atoms with van der Waals surface area (Å²) in [6, 6.07) is 4.84. The Bertz CT molecular complexity index is 448. The minimum absolute atomic E-state index is 0.146. The topological polar surface area (TPSA) is 21.3 Å². The summed E-state index contributed by atoms with van der Waals surface area (Å²) in [6.45, 7) is 7.38. The van der Waals surface area contributed by atoms with Gasteiger partial charge in [0.2, 0.25) is 0 Å². The van der Waals surface area contributed by atoms with Gasteiger partial charge in [-0.2, -0.15) is 0 Å². The summed E-state index contributed by atoms with van der Waals surface area (Å²) < 4.78 is 18.9. The van der Waals surface area contributed by atoms with Crippen LogP contribution in [-0.4, -0.2) is 13.2 Å². The maximum absolute atomic E-state index is 13.3. The third-order valence-electron chi connectivity index (χ3n) is 2.80. The van der Waals surface area contributed by atoms with Crippen LogP contribution >= 0.6 is 0 Å². The van der Waals surface area contributed by atoms with Crippen LogP contribution in [0.3, 0.4) is 0 Å². The van der Waals surface area contributed by atoms with E-state index in [0.717, 1.165) is 18.5 Å². The molecular formula is C16H22FNO. The summed E-state index contributed by atoms with van der Waals surface area (Å²) in [6.07, 6.45) is 1.72. The molecule has 0 fully saturated rings. The molecule has 1 aromatic rings. The molecule has 0 amide bonds. The van der Waals surface area contributed by atoms with Crippen molar-refractivity contribution in [2.45, 2.75) is 39.7 Å². The van der Waals surface area contributed by atoms with Crippen molar-refractivity contribution in [3.8, 4) is 17.6 Å². The largest absolute Gasteiger partial charge is 0.492 e. The van der Waals surface area contributed by atoms with Crippen molar-refractivity contribution in [2.24, 2.45) is 0 Å². The van der Waals surface area contributed by atoms with E-state index in [-0.39, 0.29) is 11.9 Å². The predicted octanol–water partition coefficient (Wildman–Crippen LogP) is 3.68. The SMILES string of the molecule is CC#CCCOc1cc(F)ccc1C(C)NCCC. The fourth-order valence-corrected chi connectivity index (χ4v) is 1.80. The average Bonchev–Trinajstić information content (AvgIpc) is 2.41.